The zero-order chi connectivity index (χ0) is 22.8. The summed E-state index contributed by atoms with van der Waals surface area (Å²) >= 11 is 1.12. The van der Waals surface area contributed by atoms with Crippen molar-refractivity contribution in [1.82, 2.24) is 9.78 Å². The van der Waals surface area contributed by atoms with E-state index in [0.717, 1.165) is 38.8 Å². The molecule has 2 heterocycles. The Balaban J connectivity index is 1.58. The summed E-state index contributed by atoms with van der Waals surface area (Å²) in [4.78, 5) is 12.7. The summed E-state index contributed by atoms with van der Waals surface area (Å²) in [6.07, 6.45) is 0. The van der Waals surface area contributed by atoms with E-state index in [1.807, 2.05) is 67.6 Å². The van der Waals surface area contributed by atoms with Gasteiger partial charge >= 0.3 is 5.97 Å². The van der Waals surface area contributed by atoms with E-state index in [2.05, 4.69) is 27.4 Å². The van der Waals surface area contributed by atoms with Crippen LogP contribution in [0.1, 0.15) is 29.4 Å². The largest absolute Gasteiger partial charge is 0.461 e. The lowest BCUT2D eigenvalue weighted by Gasteiger charge is -1.99. The molecule has 0 saturated heterocycles. The Kier molecular flexibility index (Phi) is 5.58. The molecule has 0 aliphatic carbocycles. The molecule has 0 aliphatic heterocycles. The van der Waals surface area contributed by atoms with E-state index in [9.17, 15) is 4.79 Å². The van der Waals surface area contributed by atoms with Gasteiger partial charge in [0, 0.05) is 5.39 Å². The zero-order valence-corrected chi connectivity index (χ0v) is 18.9. The average molecular weight is 457 g/mol. The van der Waals surface area contributed by atoms with Crippen molar-refractivity contribution in [1.29, 1.82) is 0 Å². The van der Waals surface area contributed by atoms with Gasteiger partial charge in [0.2, 0.25) is 9.81 Å². The van der Waals surface area contributed by atoms with Gasteiger partial charge < -0.3 is 9.15 Å². The van der Waals surface area contributed by atoms with Crippen LogP contribution in [0.4, 0.5) is 0 Å². The molecule has 0 aliphatic rings. The number of fused-ring (bicyclic) bond motifs is 3. The predicted octanol–water partition coefficient (Wildman–Crippen LogP) is 5.33. The van der Waals surface area contributed by atoms with Gasteiger partial charge in [0.05, 0.1) is 12.3 Å². The summed E-state index contributed by atoms with van der Waals surface area (Å²) in [5.41, 5.74) is 2.17. The minimum absolute atomic E-state index is 0.211. The summed E-state index contributed by atoms with van der Waals surface area (Å²) < 4.78 is 12.7. The lowest BCUT2D eigenvalue weighted by atomic mass is 10.1. The Morgan fingerprint density at radius 2 is 1.85 bits per heavy atom. The monoisotopic (exact) mass is 456 g/mol. The Morgan fingerprint density at radius 1 is 1.06 bits per heavy atom. The molecule has 0 fully saturated rings. The number of benzene rings is 3. The van der Waals surface area contributed by atoms with E-state index in [-0.39, 0.29) is 11.6 Å². The highest BCUT2D eigenvalue weighted by Crippen LogP contribution is 2.28. The number of rotatable bonds is 5. The Labute approximate surface area is 193 Å². The van der Waals surface area contributed by atoms with Crippen LogP contribution in [0.2, 0.25) is 0 Å². The lowest BCUT2D eigenvalue weighted by molar-refractivity contribution is 0.0524. The van der Waals surface area contributed by atoms with Crippen LogP contribution in [0.5, 0.6) is 0 Å². The normalized spacial score (nSPS) is 12.5. The molecule has 0 amide bonds. The van der Waals surface area contributed by atoms with Gasteiger partial charge in [0.25, 0.3) is 0 Å². The Hall–Kier alpha value is -4.04. The van der Waals surface area contributed by atoms with Crippen LogP contribution >= 0.6 is 11.3 Å². The molecule has 0 spiro atoms. The number of hydrogen-bond acceptors (Lipinski definition) is 7. The number of hydrogen-bond donors (Lipinski definition) is 0. The fraction of sp³-hybridized carbons (Fsp3) is 0.120. The molecular weight excluding hydrogens is 436 g/mol. The van der Waals surface area contributed by atoms with Crippen molar-refractivity contribution in [3.63, 3.8) is 0 Å². The van der Waals surface area contributed by atoms with Gasteiger partial charge in [-0.05, 0) is 48.9 Å². The van der Waals surface area contributed by atoms with Crippen LogP contribution in [0, 0.1) is 0 Å². The molecule has 164 valence electrons. The van der Waals surface area contributed by atoms with Crippen LogP contribution in [0.15, 0.2) is 87.4 Å². The van der Waals surface area contributed by atoms with Crippen molar-refractivity contribution in [3.05, 3.63) is 88.4 Å². The maximum Gasteiger partial charge on any atom is 0.369 e. The molecule has 0 saturated carbocycles. The predicted molar refractivity (Wildman–Crippen MR) is 129 cm³/mol. The summed E-state index contributed by atoms with van der Waals surface area (Å²) in [5.74, 6) is 0.144. The van der Waals surface area contributed by atoms with Gasteiger partial charge in [-0.3, -0.25) is 0 Å². The van der Waals surface area contributed by atoms with Crippen LogP contribution in [0.3, 0.4) is 0 Å². The van der Waals surface area contributed by atoms with Gasteiger partial charge in [-0.25, -0.2) is 9.48 Å². The number of furan rings is 1. The van der Waals surface area contributed by atoms with Crippen molar-refractivity contribution in [2.75, 3.05) is 6.61 Å². The van der Waals surface area contributed by atoms with Crippen LogP contribution < -0.4 is 4.80 Å². The van der Waals surface area contributed by atoms with E-state index < -0.39 is 5.97 Å². The molecule has 33 heavy (non-hydrogen) atoms. The molecule has 3 aromatic carbocycles. The van der Waals surface area contributed by atoms with Crippen LogP contribution in [-0.2, 0) is 4.74 Å². The van der Waals surface area contributed by atoms with Crippen molar-refractivity contribution in [3.8, 4) is 5.69 Å². The molecule has 7 nitrogen and oxygen atoms in total. The first-order valence-electron chi connectivity index (χ1n) is 10.5. The van der Waals surface area contributed by atoms with Gasteiger partial charge in [0.15, 0.2) is 5.76 Å². The van der Waals surface area contributed by atoms with E-state index in [1.54, 1.807) is 11.6 Å². The van der Waals surface area contributed by atoms with E-state index in [0.29, 0.717) is 16.3 Å². The molecule has 0 atom stereocenters. The second kappa shape index (κ2) is 8.84. The summed E-state index contributed by atoms with van der Waals surface area (Å²) in [5, 5.41) is 16.7. The molecule has 0 radical (unpaired) electrons. The van der Waals surface area contributed by atoms with Crippen molar-refractivity contribution in [2.24, 2.45) is 10.2 Å². The molecule has 5 aromatic rings. The molecular formula is C25H20N4O3S. The number of nitrogens with zero attached hydrogens (tertiary/aromatic N) is 4. The molecule has 8 heteroatoms. The zero-order valence-electron chi connectivity index (χ0n) is 18.1. The standard InChI is InChI=1S/C25H20N4O3S/c1-3-31-24(30)23-28-29(18-10-5-4-6-11-18)25(33-23)27-26-16(2)22-15-20-19-12-8-7-9-17(19)13-14-21(20)32-22/h4-15H,3H2,1-2H3/b26-16-,27-25-. The maximum atomic E-state index is 12.2. The van der Waals surface area contributed by atoms with Gasteiger partial charge in [-0.1, -0.05) is 59.9 Å². The Morgan fingerprint density at radius 3 is 2.67 bits per heavy atom. The minimum atomic E-state index is -0.488. The number of para-hydroxylation sites is 1. The van der Waals surface area contributed by atoms with Gasteiger partial charge in [0.1, 0.15) is 11.3 Å². The van der Waals surface area contributed by atoms with Gasteiger partial charge in [-0.2, -0.15) is 0 Å². The number of esters is 1. The van der Waals surface area contributed by atoms with E-state index in [4.69, 9.17) is 9.15 Å². The summed E-state index contributed by atoms with van der Waals surface area (Å²) in [7, 11) is 0. The third kappa shape index (κ3) is 4.08. The highest BCUT2D eigenvalue weighted by atomic mass is 32.1. The van der Waals surface area contributed by atoms with Gasteiger partial charge in [-0.15, -0.1) is 15.3 Å². The quantitative estimate of drug-likeness (QED) is 0.203. The molecule has 0 unspecified atom stereocenters. The van der Waals surface area contributed by atoms with E-state index >= 15 is 0 Å². The second-order valence-corrected chi connectivity index (χ2v) is 8.21. The number of carbonyl (C=O) groups excluding carboxylic acids is 1. The maximum absolute atomic E-state index is 12.2. The summed E-state index contributed by atoms with van der Waals surface area (Å²) in [6.45, 7) is 3.87. The SMILES string of the molecule is CCOC(=O)c1nn(-c2ccccc2)/c(=N/N=C(/C)c2cc3c(ccc4ccccc43)o2)s1. The lowest BCUT2D eigenvalue weighted by Crippen LogP contribution is -2.14. The smallest absolute Gasteiger partial charge is 0.369 e. The second-order valence-electron chi connectivity index (χ2n) is 7.25. The fourth-order valence-electron chi connectivity index (χ4n) is 3.50. The molecule has 5 rings (SSSR count). The molecule has 2 aromatic heterocycles. The highest BCUT2D eigenvalue weighted by Gasteiger charge is 2.16. The number of carbonyl (C=O) groups is 1. The average Bonchev–Trinajstić information content (AvgIpc) is 3.48. The first-order chi connectivity index (χ1) is 16.1. The first kappa shape index (κ1) is 20.8. The van der Waals surface area contributed by atoms with E-state index in [1.165, 1.54) is 0 Å². The first-order valence-corrected chi connectivity index (χ1v) is 11.3. The third-order valence-corrected chi connectivity index (χ3v) is 5.96. The van der Waals surface area contributed by atoms with Crippen molar-refractivity contribution < 1.29 is 13.9 Å². The summed E-state index contributed by atoms with van der Waals surface area (Å²) in [6, 6.07) is 23.6. The Bertz CT molecular complexity index is 1560. The van der Waals surface area contributed by atoms with Crippen LogP contribution in [0.25, 0.3) is 27.4 Å². The topological polar surface area (TPSA) is 82.0 Å². The fourth-order valence-corrected chi connectivity index (χ4v) is 4.25. The molecule has 0 bridgehead atoms. The minimum Gasteiger partial charge on any atom is -0.461 e. The van der Waals surface area contributed by atoms with Crippen molar-refractivity contribution in [2.45, 2.75) is 13.8 Å². The third-order valence-electron chi connectivity index (χ3n) is 5.08. The highest BCUT2D eigenvalue weighted by molar-refractivity contribution is 7.10. The van der Waals surface area contributed by atoms with Crippen LogP contribution in [-0.4, -0.2) is 28.1 Å². The number of aromatic nitrogens is 2. The van der Waals surface area contributed by atoms with Crippen molar-refractivity contribution >= 4 is 44.8 Å². The molecule has 0 N–H and O–H groups in total. The number of ether oxygens (including phenoxy) is 1.